The van der Waals surface area contributed by atoms with Crippen molar-refractivity contribution in [3.8, 4) is 0 Å². The maximum Gasteiger partial charge on any atom is 0.409 e. The number of anilines is 1. The maximum absolute atomic E-state index is 13.5. The van der Waals surface area contributed by atoms with Gasteiger partial charge >= 0.3 is 12.1 Å². The lowest BCUT2D eigenvalue weighted by molar-refractivity contribution is -0.123. The summed E-state index contributed by atoms with van der Waals surface area (Å²) in [7, 11) is 3.74. The van der Waals surface area contributed by atoms with E-state index in [2.05, 4.69) is 48.5 Å². The molecule has 0 saturated carbocycles. The molecule has 0 saturated heterocycles. The normalized spacial score (nSPS) is 12.7. The number of nitrogens with zero attached hydrogens (tertiary/aromatic N) is 2. The van der Waals surface area contributed by atoms with Gasteiger partial charge in [-0.1, -0.05) is 32.9 Å². The Kier molecular flexibility index (Phi) is 23.6. The Morgan fingerprint density at radius 1 is 0.846 bits per heavy atom. The zero-order chi connectivity index (χ0) is 38.9. The number of likely N-dealkylation sites (N-methyl/N-ethyl adjacent to an activating group) is 2. The van der Waals surface area contributed by atoms with Crippen molar-refractivity contribution in [2.75, 3.05) is 78.7 Å². The fourth-order valence-electron chi connectivity index (χ4n) is 4.96. The largest absolute Gasteiger partial charge is 0.445 e. The van der Waals surface area contributed by atoms with Crippen LogP contribution in [0, 0.1) is 11.8 Å². The van der Waals surface area contributed by atoms with Crippen LogP contribution >= 0.6 is 0 Å². The number of nitrogens with two attached hydrogens (primary N) is 1. The Labute approximate surface area is 312 Å². The first kappa shape index (κ1) is 46.6. The predicted molar refractivity (Wildman–Crippen MR) is 204 cm³/mol. The van der Waals surface area contributed by atoms with Gasteiger partial charge in [-0.15, -0.1) is 0 Å². The van der Waals surface area contributed by atoms with E-state index in [1.165, 1.54) is 0 Å². The summed E-state index contributed by atoms with van der Waals surface area (Å²) in [6.07, 6.45) is 3.04. The molecule has 1 rings (SSSR count). The van der Waals surface area contributed by atoms with E-state index in [9.17, 15) is 19.2 Å². The first-order valence-corrected chi connectivity index (χ1v) is 18.7. The molecule has 0 spiro atoms. The average Bonchev–Trinajstić information content (AvgIpc) is 3.09. The van der Waals surface area contributed by atoms with Crippen LogP contribution in [0.15, 0.2) is 24.3 Å². The van der Waals surface area contributed by atoms with Crippen molar-refractivity contribution in [3.05, 3.63) is 29.8 Å². The fourth-order valence-corrected chi connectivity index (χ4v) is 4.96. The number of carbonyl (C=O) groups is 4. The predicted octanol–water partition coefficient (Wildman–Crippen LogP) is 4.76. The number of benzene rings is 1. The molecule has 0 aliphatic carbocycles. The molecule has 0 radical (unpaired) electrons. The Morgan fingerprint density at radius 3 is 2.04 bits per heavy atom. The highest BCUT2D eigenvalue weighted by molar-refractivity contribution is 5.92. The summed E-state index contributed by atoms with van der Waals surface area (Å²) in [4.78, 5) is 53.6. The first-order chi connectivity index (χ1) is 24.6. The van der Waals surface area contributed by atoms with E-state index < -0.39 is 12.1 Å². The molecule has 2 atom stereocenters. The minimum atomic E-state index is -0.609. The van der Waals surface area contributed by atoms with Gasteiger partial charge in [0.25, 0.3) is 0 Å². The Balaban J connectivity index is 2.64. The minimum absolute atomic E-state index is 0.00868. The van der Waals surface area contributed by atoms with Gasteiger partial charge in [0, 0.05) is 62.9 Å². The summed E-state index contributed by atoms with van der Waals surface area (Å²) in [6, 6.07) is 6.45. The van der Waals surface area contributed by atoms with E-state index >= 15 is 0 Å². The van der Waals surface area contributed by atoms with Crippen molar-refractivity contribution in [1.29, 1.82) is 0 Å². The smallest absolute Gasteiger partial charge is 0.409 e. The third-order valence-corrected chi connectivity index (χ3v) is 8.75. The highest BCUT2D eigenvalue weighted by atomic mass is 16.6. The van der Waals surface area contributed by atoms with E-state index in [-0.39, 0.29) is 54.9 Å². The summed E-state index contributed by atoms with van der Waals surface area (Å²) >= 11 is 0. The molecule has 5 N–H and O–H groups in total. The number of primary amides is 1. The number of urea groups is 1. The van der Waals surface area contributed by atoms with Crippen LogP contribution in [0.25, 0.3) is 0 Å². The molecule has 0 aliphatic rings. The second kappa shape index (κ2) is 26.3. The van der Waals surface area contributed by atoms with E-state index in [1.807, 2.05) is 33.0 Å². The third kappa shape index (κ3) is 21.8. The van der Waals surface area contributed by atoms with E-state index in [1.54, 1.807) is 24.1 Å². The number of ether oxygens (including phenoxy) is 4. The van der Waals surface area contributed by atoms with Gasteiger partial charge in [0.05, 0.1) is 33.0 Å². The van der Waals surface area contributed by atoms with Crippen molar-refractivity contribution in [1.82, 2.24) is 20.4 Å². The van der Waals surface area contributed by atoms with Crippen molar-refractivity contribution in [2.24, 2.45) is 17.6 Å². The highest BCUT2D eigenvalue weighted by Crippen LogP contribution is 2.21. The molecule has 1 aromatic carbocycles. The number of hydrogen-bond acceptors (Lipinski definition) is 9. The number of hydrogen-bond donors (Lipinski definition) is 4. The molecular weight excluding hydrogens is 668 g/mol. The van der Waals surface area contributed by atoms with E-state index in [4.69, 9.17) is 24.7 Å². The lowest BCUT2D eigenvalue weighted by atomic mass is 9.90. The van der Waals surface area contributed by atoms with Crippen molar-refractivity contribution in [2.45, 2.75) is 98.3 Å². The summed E-state index contributed by atoms with van der Waals surface area (Å²) in [5, 5.41) is 8.69. The number of nitrogens with one attached hydrogen (secondary N) is 3. The quantitative estimate of drug-likeness (QED) is 0.0930. The highest BCUT2D eigenvalue weighted by Gasteiger charge is 2.23. The van der Waals surface area contributed by atoms with Crippen molar-refractivity contribution >= 4 is 29.6 Å². The van der Waals surface area contributed by atoms with Crippen LogP contribution in [0.5, 0.6) is 0 Å². The second-order valence-electron chi connectivity index (χ2n) is 14.5. The Morgan fingerprint density at radius 2 is 1.46 bits per heavy atom. The van der Waals surface area contributed by atoms with E-state index in [0.29, 0.717) is 70.9 Å². The zero-order valence-electron chi connectivity index (χ0n) is 33.1. The molecule has 0 aromatic heterocycles. The Hall–Kier alpha value is -3.46. The monoisotopic (exact) mass is 737 g/mol. The lowest BCUT2D eigenvalue weighted by Crippen LogP contribution is -2.43. The van der Waals surface area contributed by atoms with Gasteiger partial charge in [-0.3, -0.25) is 14.5 Å². The van der Waals surface area contributed by atoms with Gasteiger partial charge in [-0.25, -0.2) is 9.59 Å². The maximum atomic E-state index is 13.5. The molecule has 52 heavy (non-hydrogen) atoms. The summed E-state index contributed by atoms with van der Waals surface area (Å²) < 4.78 is 21.9. The van der Waals surface area contributed by atoms with Crippen LogP contribution < -0.4 is 21.7 Å². The van der Waals surface area contributed by atoms with Gasteiger partial charge in [0.1, 0.15) is 6.61 Å². The topological polar surface area (TPSA) is 174 Å². The van der Waals surface area contributed by atoms with Gasteiger partial charge in [-0.2, -0.15) is 0 Å². The zero-order valence-corrected chi connectivity index (χ0v) is 33.1. The molecule has 1 aromatic rings. The average molecular weight is 737 g/mol. The van der Waals surface area contributed by atoms with Crippen molar-refractivity contribution < 1.29 is 38.1 Å². The molecule has 0 heterocycles. The standard InChI is InChI=1S/C38H68N6O8/c1-9-22-49-24-26-51-27-25-50-23-18-34(45)42-33(29(2)3)17-14-31(11-10-19-40-36(39)47)35(46)41-32-15-12-30(13-16-32)28-52-37(48)43(7)20-21-44(8)38(4,5)6/h12-13,15-16,29,31,33H,9-11,14,17-28H2,1-8H3,(H,41,46)(H,42,45)(H3,39,40,47)/t31-,33-/m1/s1. The summed E-state index contributed by atoms with van der Waals surface area (Å²) in [5.74, 6) is -0.469. The summed E-state index contributed by atoms with van der Waals surface area (Å²) in [5.41, 5.74) is 6.64. The van der Waals surface area contributed by atoms with Crippen LogP contribution in [0.2, 0.25) is 0 Å². The molecule has 298 valence electrons. The van der Waals surface area contributed by atoms with Gasteiger partial charge < -0.3 is 45.5 Å². The molecule has 14 heteroatoms. The molecule has 0 aliphatic heterocycles. The van der Waals surface area contributed by atoms with Crippen LogP contribution in [0.3, 0.4) is 0 Å². The SMILES string of the molecule is CCCOCCOCCOCCC(=O)N[C@H](CC[C@@H](CCCNC(N)=O)C(=O)Nc1ccc(COC(=O)N(C)CCN(C)C(C)(C)C)cc1)C(C)C. The lowest BCUT2D eigenvalue weighted by Gasteiger charge is -2.33. The van der Waals surface area contributed by atoms with Crippen LogP contribution in [0.1, 0.15) is 85.6 Å². The second-order valence-corrected chi connectivity index (χ2v) is 14.5. The van der Waals surface area contributed by atoms with Crippen molar-refractivity contribution in [3.63, 3.8) is 0 Å². The molecule has 0 bridgehead atoms. The van der Waals surface area contributed by atoms with Crippen LogP contribution in [-0.4, -0.2) is 119 Å². The third-order valence-electron chi connectivity index (χ3n) is 8.75. The molecule has 14 nitrogen and oxygen atoms in total. The molecule has 0 fully saturated rings. The minimum Gasteiger partial charge on any atom is -0.445 e. The van der Waals surface area contributed by atoms with Crippen LogP contribution in [0.4, 0.5) is 15.3 Å². The number of carbonyl (C=O) groups excluding carboxylic acids is 4. The fraction of sp³-hybridized carbons (Fsp3) is 0.737. The molecule has 5 amide bonds. The van der Waals surface area contributed by atoms with Gasteiger partial charge in [0.15, 0.2) is 0 Å². The number of amides is 5. The van der Waals surface area contributed by atoms with E-state index in [0.717, 1.165) is 25.1 Å². The first-order valence-electron chi connectivity index (χ1n) is 18.7. The van der Waals surface area contributed by atoms with Crippen LogP contribution in [-0.2, 0) is 35.1 Å². The molecular formula is C38H68N6O8. The van der Waals surface area contributed by atoms with Gasteiger partial charge in [0.2, 0.25) is 11.8 Å². The summed E-state index contributed by atoms with van der Waals surface area (Å²) in [6.45, 7) is 17.2. The number of rotatable bonds is 27. The molecule has 0 unspecified atom stereocenters. The Bertz CT molecular complexity index is 1160. The van der Waals surface area contributed by atoms with Gasteiger partial charge in [-0.05, 0) is 83.5 Å².